The summed E-state index contributed by atoms with van der Waals surface area (Å²) in [5.41, 5.74) is 8.61. The fourth-order valence-electron chi connectivity index (χ4n) is 3.45. The SMILES string of the molecule is COc1cc(OC)cc(-c2ccc3c(NC(=O)c4cccc(C(Cl)C(N)=O)c4)n[nH]c3c2)c1. The van der Waals surface area contributed by atoms with Crippen molar-refractivity contribution in [2.45, 2.75) is 5.38 Å². The molecule has 8 nitrogen and oxygen atoms in total. The maximum Gasteiger partial charge on any atom is 0.256 e. The summed E-state index contributed by atoms with van der Waals surface area (Å²) >= 11 is 6.00. The Bertz CT molecular complexity index is 1330. The number of carbonyl (C=O) groups is 2. The maximum absolute atomic E-state index is 12.8. The van der Waals surface area contributed by atoms with Gasteiger partial charge in [-0.25, -0.2) is 0 Å². The highest BCUT2D eigenvalue weighted by Crippen LogP contribution is 2.32. The lowest BCUT2D eigenvalue weighted by Gasteiger charge is -2.09. The molecule has 4 N–H and O–H groups in total. The van der Waals surface area contributed by atoms with E-state index in [0.717, 1.165) is 22.0 Å². The van der Waals surface area contributed by atoms with E-state index >= 15 is 0 Å². The number of rotatable bonds is 7. The van der Waals surface area contributed by atoms with Crippen molar-refractivity contribution in [1.82, 2.24) is 10.2 Å². The number of hydrogen-bond donors (Lipinski definition) is 3. The summed E-state index contributed by atoms with van der Waals surface area (Å²) in [6.07, 6.45) is 0. The minimum Gasteiger partial charge on any atom is -0.497 e. The van der Waals surface area contributed by atoms with Gasteiger partial charge in [0, 0.05) is 17.0 Å². The lowest BCUT2D eigenvalue weighted by atomic mass is 10.0. The second kappa shape index (κ2) is 9.22. The second-order valence-electron chi connectivity index (χ2n) is 7.28. The smallest absolute Gasteiger partial charge is 0.256 e. The topological polar surface area (TPSA) is 119 Å². The highest BCUT2D eigenvalue weighted by Gasteiger charge is 2.17. The Balaban J connectivity index is 1.61. The van der Waals surface area contributed by atoms with Crippen LogP contribution in [0.15, 0.2) is 60.7 Å². The minimum atomic E-state index is -1.02. The van der Waals surface area contributed by atoms with E-state index in [1.165, 1.54) is 6.07 Å². The van der Waals surface area contributed by atoms with Crippen molar-refractivity contribution in [1.29, 1.82) is 0 Å². The van der Waals surface area contributed by atoms with Crippen molar-refractivity contribution in [3.05, 3.63) is 71.8 Å². The highest BCUT2D eigenvalue weighted by molar-refractivity contribution is 6.30. The predicted molar refractivity (Wildman–Crippen MR) is 127 cm³/mol. The molecule has 1 atom stereocenters. The zero-order chi connectivity index (χ0) is 23.5. The fraction of sp³-hybridized carbons (Fsp3) is 0.125. The van der Waals surface area contributed by atoms with E-state index in [2.05, 4.69) is 15.5 Å². The summed E-state index contributed by atoms with van der Waals surface area (Å²) in [7, 11) is 3.20. The number of nitrogens with one attached hydrogen (secondary N) is 2. The van der Waals surface area contributed by atoms with Crippen LogP contribution in [-0.4, -0.2) is 36.2 Å². The van der Waals surface area contributed by atoms with Crippen LogP contribution in [0.2, 0.25) is 0 Å². The minimum absolute atomic E-state index is 0.329. The average molecular weight is 465 g/mol. The van der Waals surface area contributed by atoms with Crippen molar-refractivity contribution >= 4 is 40.1 Å². The van der Waals surface area contributed by atoms with Gasteiger partial charge in [-0.3, -0.25) is 14.7 Å². The number of methoxy groups -OCH3 is 2. The first-order valence-corrected chi connectivity index (χ1v) is 10.4. The molecule has 9 heteroatoms. The number of nitrogens with two attached hydrogens (primary N) is 1. The molecule has 168 valence electrons. The third-order valence-electron chi connectivity index (χ3n) is 5.17. The van der Waals surface area contributed by atoms with Gasteiger partial charge >= 0.3 is 0 Å². The van der Waals surface area contributed by atoms with E-state index in [0.29, 0.717) is 28.4 Å². The molecule has 2 amide bonds. The lowest BCUT2D eigenvalue weighted by molar-refractivity contribution is -0.117. The van der Waals surface area contributed by atoms with E-state index in [1.807, 2.05) is 30.3 Å². The van der Waals surface area contributed by atoms with Gasteiger partial charge in [0.15, 0.2) is 5.82 Å². The quantitative estimate of drug-likeness (QED) is 0.353. The van der Waals surface area contributed by atoms with E-state index in [-0.39, 0.29) is 5.91 Å². The number of alkyl halides is 1. The number of H-pyrrole nitrogens is 1. The van der Waals surface area contributed by atoms with E-state index in [4.69, 9.17) is 26.8 Å². The van der Waals surface area contributed by atoms with Crippen LogP contribution < -0.4 is 20.5 Å². The van der Waals surface area contributed by atoms with Gasteiger partial charge in [-0.1, -0.05) is 18.2 Å². The first-order valence-electron chi connectivity index (χ1n) is 9.96. The van der Waals surface area contributed by atoms with Crippen LogP contribution in [0, 0.1) is 0 Å². The molecule has 0 aliphatic carbocycles. The summed E-state index contributed by atoms with van der Waals surface area (Å²) in [4.78, 5) is 24.1. The van der Waals surface area contributed by atoms with Crippen molar-refractivity contribution in [2.75, 3.05) is 19.5 Å². The number of primary amides is 1. The van der Waals surface area contributed by atoms with Gasteiger partial charge in [0.25, 0.3) is 5.91 Å². The molecule has 4 rings (SSSR count). The normalized spacial score (nSPS) is 11.7. The Labute approximate surface area is 194 Å². The maximum atomic E-state index is 12.8. The van der Waals surface area contributed by atoms with Crippen LogP contribution in [0.3, 0.4) is 0 Å². The number of nitrogens with zero attached hydrogens (tertiary/aromatic N) is 1. The molecule has 33 heavy (non-hydrogen) atoms. The second-order valence-corrected chi connectivity index (χ2v) is 7.71. The number of benzene rings is 3. The van der Waals surface area contributed by atoms with Gasteiger partial charge in [-0.15, -0.1) is 11.6 Å². The number of halogens is 1. The molecule has 1 heterocycles. The van der Waals surface area contributed by atoms with Crippen molar-refractivity contribution in [3.8, 4) is 22.6 Å². The van der Waals surface area contributed by atoms with Gasteiger partial charge in [0.05, 0.1) is 19.7 Å². The number of amides is 2. The molecule has 0 saturated carbocycles. The predicted octanol–water partition coefficient (Wildman–Crippen LogP) is 4.26. The molecule has 1 unspecified atom stereocenters. The molecule has 0 radical (unpaired) electrons. The molecular formula is C24H21ClN4O4. The highest BCUT2D eigenvalue weighted by atomic mass is 35.5. The summed E-state index contributed by atoms with van der Waals surface area (Å²) in [5.74, 6) is 0.671. The van der Waals surface area contributed by atoms with Crippen molar-refractivity contribution in [2.24, 2.45) is 5.73 Å². The van der Waals surface area contributed by atoms with Gasteiger partial charge in [0.2, 0.25) is 5.91 Å². The Morgan fingerprint density at radius 2 is 1.73 bits per heavy atom. The van der Waals surface area contributed by atoms with Crippen LogP contribution in [0.5, 0.6) is 11.5 Å². The van der Waals surface area contributed by atoms with Crippen LogP contribution in [0.4, 0.5) is 5.82 Å². The first kappa shape index (κ1) is 22.2. The van der Waals surface area contributed by atoms with Crippen LogP contribution in [0.25, 0.3) is 22.0 Å². The molecule has 3 aromatic carbocycles. The van der Waals surface area contributed by atoms with Crippen LogP contribution >= 0.6 is 11.6 Å². The number of anilines is 1. The molecule has 0 saturated heterocycles. The number of hydrogen-bond acceptors (Lipinski definition) is 5. The van der Waals surface area contributed by atoms with Gasteiger partial charge < -0.3 is 20.5 Å². The fourth-order valence-corrected chi connectivity index (χ4v) is 3.59. The van der Waals surface area contributed by atoms with E-state index in [1.54, 1.807) is 38.5 Å². The first-order chi connectivity index (χ1) is 15.9. The summed E-state index contributed by atoms with van der Waals surface area (Å²) < 4.78 is 10.7. The van der Waals surface area contributed by atoms with Crippen LogP contribution in [-0.2, 0) is 4.79 Å². The monoisotopic (exact) mass is 464 g/mol. The Morgan fingerprint density at radius 3 is 2.39 bits per heavy atom. The molecular weight excluding hydrogens is 444 g/mol. The van der Waals surface area contributed by atoms with E-state index in [9.17, 15) is 9.59 Å². The largest absolute Gasteiger partial charge is 0.497 e. The zero-order valence-corrected chi connectivity index (χ0v) is 18.6. The Morgan fingerprint density at radius 1 is 1.00 bits per heavy atom. The molecule has 0 spiro atoms. The molecule has 0 aliphatic heterocycles. The summed E-state index contributed by atoms with van der Waals surface area (Å²) in [6.45, 7) is 0. The number of ether oxygens (including phenoxy) is 2. The summed E-state index contributed by atoms with van der Waals surface area (Å²) in [5, 5.41) is 9.71. The third-order valence-corrected chi connectivity index (χ3v) is 5.64. The number of aromatic amines is 1. The molecule has 0 bridgehead atoms. The molecule has 0 aliphatic rings. The zero-order valence-electron chi connectivity index (χ0n) is 17.9. The number of aromatic nitrogens is 2. The molecule has 4 aromatic rings. The number of carbonyl (C=O) groups excluding carboxylic acids is 2. The third kappa shape index (κ3) is 4.61. The van der Waals surface area contributed by atoms with Gasteiger partial charge in [0.1, 0.15) is 16.9 Å². The summed E-state index contributed by atoms with van der Waals surface area (Å²) in [6, 6.07) is 17.8. The standard InChI is InChI=1S/C24H21ClN4O4/c1-32-17-9-16(10-18(12-17)33-2)13-6-7-19-20(11-13)28-29-23(19)27-24(31)15-5-3-4-14(8-15)21(25)22(26)30/h3-12,21H,1-2H3,(H2,26,30)(H2,27,28,29,31). The van der Waals surface area contributed by atoms with Gasteiger partial charge in [-0.05, 0) is 53.1 Å². The van der Waals surface area contributed by atoms with Crippen molar-refractivity contribution < 1.29 is 19.1 Å². The number of fused-ring (bicyclic) bond motifs is 1. The van der Waals surface area contributed by atoms with E-state index < -0.39 is 11.3 Å². The van der Waals surface area contributed by atoms with Gasteiger partial charge in [-0.2, -0.15) is 5.10 Å². The average Bonchev–Trinajstić information content (AvgIpc) is 3.24. The van der Waals surface area contributed by atoms with Crippen molar-refractivity contribution in [3.63, 3.8) is 0 Å². The molecule has 1 aromatic heterocycles. The Kier molecular flexibility index (Phi) is 6.19. The molecule has 0 fully saturated rings. The van der Waals surface area contributed by atoms with Crippen LogP contribution in [0.1, 0.15) is 21.3 Å². The lowest BCUT2D eigenvalue weighted by Crippen LogP contribution is -2.18. The Hall–Kier alpha value is -4.04.